The Morgan fingerprint density at radius 1 is 1.11 bits per heavy atom. The van der Waals surface area contributed by atoms with Crippen LogP contribution < -0.4 is 0 Å². The molecule has 1 heterocycles. The third-order valence-electron chi connectivity index (χ3n) is 4.21. The Morgan fingerprint density at radius 2 is 1.75 bits per heavy atom. The van der Waals surface area contributed by atoms with Crippen LogP contribution in [0.25, 0.3) is 16.9 Å². The minimum atomic E-state index is -3.29. The first kappa shape index (κ1) is 20.4. The van der Waals surface area contributed by atoms with Crippen molar-refractivity contribution in [3.63, 3.8) is 0 Å². The fourth-order valence-electron chi connectivity index (χ4n) is 2.74. The third-order valence-corrected chi connectivity index (χ3v) is 5.86. The molecular weight excluding hydrogens is 444 g/mol. The van der Waals surface area contributed by atoms with Crippen molar-refractivity contribution in [3.05, 3.63) is 64.8 Å². The zero-order valence-corrected chi connectivity index (χ0v) is 17.6. The fraction of sp³-hybridized carbons (Fsp3) is 0.200. The van der Waals surface area contributed by atoms with Gasteiger partial charge in [0, 0.05) is 29.3 Å². The molecule has 1 aromatic heterocycles. The molecule has 1 N–H and O–H groups in total. The predicted molar refractivity (Wildman–Crippen MR) is 110 cm³/mol. The van der Waals surface area contributed by atoms with Gasteiger partial charge in [-0.25, -0.2) is 13.1 Å². The highest BCUT2D eigenvalue weighted by molar-refractivity contribution is 9.10. The number of aromatic nitrogens is 2. The average molecular weight is 463 g/mol. The zero-order valence-electron chi connectivity index (χ0n) is 15.2. The molecule has 28 heavy (non-hydrogen) atoms. The summed E-state index contributed by atoms with van der Waals surface area (Å²) in [6, 6.07) is 15.7. The van der Waals surface area contributed by atoms with Gasteiger partial charge in [-0.05, 0) is 48.9 Å². The zero-order chi connectivity index (χ0) is 20.3. The van der Waals surface area contributed by atoms with Gasteiger partial charge in [0.2, 0.25) is 0 Å². The van der Waals surface area contributed by atoms with E-state index in [1.54, 1.807) is 22.9 Å². The molecule has 0 unspecified atom stereocenters. The highest BCUT2D eigenvalue weighted by atomic mass is 79.9. The summed E-state index contributed by atoms with van der Waals surface area (Å²) in [5, 5.41) is 13.4. The number of halogens is 1. The molecule has 3 aromatic rings. The maximum atomic E-state index is 12.4. The van der Waals surface area contributed by atoms with Crippen molar-refractivity contribution in [3.8, 4) is 16.9 Å². The molecule has 0 atom stereocenters. The van der Waals surface area contributed by atoms with Crippen molar-refractivity contribution in [1.29, 1.82) is 0 Å². The Bertz CT molecular complexity index is 1090. The molecule has 0 aliphatic heterocycles. The summed E-state index contributed by atoms with van der Waals surface area (Å²) in [6.07, 6.45) is 1.74. The number of ketones is 1. The molecule has 0 aliphatic carbocycles. The number of Topliss-reactive ketones (excluding diaryl/α,β-unsaturated/α-hetero) is 1. The van der Waals surface area contributed by atoms with Crippen molar-refractivity contribution in [1.82, 2.24) is 9.78 Å². The number of nitrogens with zero attached hydrogens (tertiary/aromatic N) is 2. The van der Waals surface area contributed by atoms with E-state index < -0.39 is 9.84 Å². The molecule has 6 nitrogen and oxygen atoms in total. The van der Waals surface area contributed by atoms with Crippen LogP contribution in [0.15, 0.2) is 64.0 Å². The molecule has 0 aliphatic rings. The first-order valence-corrected chi connectivity index (χ1v) is 11.3. The average Bonchev–Trinajstić information content (AvgIpc) is 3.11. The van der Waals surface area contributed by atoms with Crippen LogP contribution in [0.2, 0.25) is 0 Å². The van der Waals surface area contributed by atoms with E-state index in [0.717, 1.165) is 22.0 Å². The summed E-state index contributed by atoms with van der Waals surface area (Å²) in [4.78, 5) is 12.6. The van der Waals surface area contributed by atoms with Crippen LogP contribution in [-0.2, 0) is 9.84 Å². The van der Waals surface area contributed by atoms with Crippen molar-refractivity contribution in [2.24, 2.45) is 0 Å². The van der Waals surface area contributed by atoms with E-state index >= 15 is 0 Å². The molecule has 3 rings (SSSR count). The van der Waals surface area contributed by atoms with Gasteiger partial charge in [0.25, 0.3) is 0 Å². The van der Waals surface area contributed by atoms with Crippen LogP contribution in [0, 0.1) is 0 Å². The first-order chi connectivity index (χ1) is 13.3. The standard InChI is InChI=1S/C20H19BrN2O4S/c1-28(26,27)17-10-4-14(5-11-17)19-13-18(20(25)3-2-12-24)22-23(19)16-8-6-15(21)7-9-16/h4-11,13,24H,2-3,12H2,1H3. The van der Waals surface area contributed by atoms with Crippen molar-refractivity contribution < 1.29 is 18.3 Å². The Kier molecular flexibility index (Phi) is 6.12. The van der Waals surface area contributed by atoms with E-state index in [-0.39, 0.29) is 23.7 Å². The van der Waals surface area contributed by atoms with Gasteiger partial charge in [0.1, 0.15) is 5.69 Å². The first-order valence-electron chi connectivity index (χ1n) is 8.60. The van der Waals surface area contributed by atoms with Crippen LogP contribution in [-0.4, -0.2) is 42.0 Å². The minimum Gasteiger partial charge on any atom is -0.396 e. The van der Waals surface area contributed by atoms with E-state index in [9.17, 15) is 13.2 Å². The number of sulfone groups is 1. The molecule has 0 saturated carbocycles. The van der Waals surface area contributed by atoms with E-state index in [0.29, 0.717) is 17.8 Å². The van der Waals surface area contributed by atoms with Crippen LogP contribution in [0.1, 0.15) is 23.3 Å². The van der Waals surface area contributed by atoms with Gasteiger partial charge in [-0.15, -0.1) is 0 Å². The maximum absolute atomic E-state index is 12.4. The summed E-state index contributed by atoms with van der Waals surface area (Å²) >= 11 is 3.40. The Labute approximate surface area is 171 Å². The number of benzene rings is 2. The van der Waals surface area contributed by atoms with Crippen LogP contribution in [0.3, 0.4) is 0 Å². The van der Waals surface area contributed by atoms with Gasteiger partial charge in [-0.2, -0.15) is 5.10 Å². The van der Waals surface area contributed by atoms with Crippen molar-refractivity contribution >= 4 is 31.6 Å². The van der Waals surface area contributed by atoms with Crippen LogP contribution in [0.4, 0.5) is 0 Å². The number of carbonyl (C=O) groups is 1. The Hall–Kier alpha value is -2.29. The number of hydrogen-bond acceptors (Lipinski definition) is 5. The Morgan fingerprint density at radius 3 is 2.32 bits per heavy atom. The van der Waals surface area contributed by atoms with E-state index in [2.05, 4.69) is 21.0 Å². The monoisotopic (exact) mass is 462 g/mol. The quantitative estimate of drug-likeness (QED) is 0.541. The number of hydrogen-bond donors (Lipinski definition) is 1. The number of carbonyl (C=O) groups excluding carboxylic acids is 1. The molecule has 0 spiro atoms. The molecule has 8 heteroatoms. The van der Waals surface area contributed by atoms with Gasteiger partial charge in [-0.1, -0.05) is 28.1 Å². The summed E-state index contributed by atoms with van der Waals surface area (Å²) < 4.78 is 26.0. The molecule has 0 amide bonds. The fourth-order valence-corrected chi connectivity index (χ4v) is 3.64. The number of aliphatic hydroxyl groups excluding tert-OH is 1. The van der Waals surface area contributed by atoms with Crippen molar-refractivity contribution in [2.45, 2.75) is 17.7 Å². The van der Waals surface area contributed by atoms with Gasteiger partial charge >= 0.3 is 0 Å². The molecular formula is C20H19BrN2O4S. The number of rotatable bonds is 7. The summed E-state index contributed by atoms with van der Waals surface area (Å²) in [5.74, 6) is -0.154. The second-order valence-corrected chi connectivity index (χ2v) is 9.28. The van der Waals surface area contributed by atoms with Gasteiger partial charge < -0.3 is 5.11 Å². The SMILES string of the molecule is CS(=O)(=O)c1ccc(-c2cc(C(=O)CCCO)nn2-c2ccc(Br)cc2)cc1. The minimum absolute atomic E-state index is 0.0566. The van der Waals surface area contributed by atoms with Gasteiger partial charge in [0.15, 0.2) is 15.6 Å². The normalized spacial score (nSPS) is 11.5. The highest BCUT2D eigenvalue weighted by Gasteiger charge is 2.17. The largest absolute Gasteiger partial charge is 0.396 e. The number of aliphatic hydroxyl groups is 1. The molecule has 2 aromatic carbocycles. The van der Waals surface area contributed by atoms with Gasteiger partial charge in [0.05, 0.1) is 16.3 Å². The highest BCUT2D eigenvalue weighted by Crippen LogP contribution is 2.27. The smallest absolute Gasteiger partial charge is 0.183 e. The van der Waals surface area contributed by atoms with Crippen LogP contribution >= 0.6 is 15.9 Å². The lowest BCUT2D eigenvalue weighted by atomic mass is 10.1. The summed E-state index contributed by atoms with van der Waals surface area (Å²) in [6.45, 7) is -0.0566. The summed E-state index contributed by atoms with van der Waals surface area (Å²) in [5.41, 5.74) is 2.49. The van der Waals surface area contributed by atoms with E-state index in [1.165, 1.54) is 12.1 Å². The van der Waals surface area contributed by atoms with Crippen LogP contribution in [0.5, 0.6) is 0 Å². The van der Waals surface area contributed by atoms with Gasteiger partial charge in [-0.3, -0.25) is 4.79 Å². The molecule has 0 fully saturated rings. The second kappa shape index (κ2) is 8.38. The maximum Gasteiger partial charge on any atom is 0.183 e. The van der Waals surface area contributed by atoms with E-state index in [1.807, 2.05) is 24.3 Å². The topological polar surface area (TPSA) is 89.3 Å². The summed E-state index contributed by atoms with van der Waals surface area (Å²) in [7, 11) is -3.29. The predicted octanol–water partition coefficient (Wildman–Crippen LogP) is 3.66. The molecule has 146 valence electrons. The molecule has 0 saturated heterocycles. The third kappa shape index (κ3) is 4.57. The Balaban J connectivity index is 2.08. The molecule has 0 bridgehead atoms. The lowest BCUT2D eigenvalue weighted by molar-refractivity contribution is 0.0966. The second-order valence-electron chi connectivity index (χ2n) is 6.35. The lowest BCUT2D eigenvalue weighted by Gasteiger charge is -2.08. The van der Waals surface area contributed by atoms with E-state index in [4.69, 9.17) is 5.11 Å². The van der Waals surface area contributed by atoms with Crippen molar-refractivity contribution in [2.75, 3.05) is 12.9 Å². The lowest BCUT2D eigenvalue weighted by Crippen LogP contribution is -2.04. The molecule has 0 radical (unpaired) electrons.